The molecule has 1 aliphatic rings. The number of ether oxygens (including phenoxy) is 3. The molecule has 38 heavy (non-hydrogen) atoms. The third kappa shape index (κ3) is 7.43. The summed E-state index contributed by atoms with van der Waals surface area (Å²) in [7, 11) is 1.39. The molecule has 2 rings (SSSR count). The van der Waals surface area contributed by atoms with Gasteiger partial charge in [-0.05, 0) is 60.6 Å². The number of rotatable bonds is 4. The van der Waals surface area contributed by atoms with Crippen LogP contribution in [-0.2, 0) is 23.8 Å². The number of carbonyl (C=O) groups is 5. The van der Waals surface area contributed by atoms with E-state index in [-0.39, 0.29) is 17.9 Å². The molecule has 2 N–H and O–H groups in total. The van der Waals surface area contributed by atoms with Crippen LogP contribution in [0.3, 0.4) is 0 Å². The standard InChI is InChI=1S/C25H35N5O8/c1-9-36-17(31)14-29-18(20(33)28(8)16-13-11-10-12-15(16)19(29)32)30(23(35)38-25(5,6)7)21(26)27-22(34)37-24(2,3)4/h10-13,18H,9,14H2,1-8H3,(H2,26,27,34). The summed E-state index contributed by atoms with van der Waals surface area (Å²) in [5.74, 6) is -3.23. The number of anilines is 1. The van der Waals surface area contributed by atoms with E-state index in [2.05, 4.69) is 4.99 Å². The Morgan fingerprint density at radius 1 is 1.03 bits per heavy atom. The Bertz CT molecular complexity index is 1140. The number of para-hydroxylation sites is 1. The maximum absolute atomic E-state index is 13.8. The number of aliphatic imine (C=N–C) groups is 1. The molecule has 1 aliphatic heterocycles. The van der Waals surface area contributed by atoms with Gasteiger partial charge in [-0.25, -0.2) is 14.5 Å². The zero-order chi connectivity index (χ0) is 29.0. The van der Waals surface area contributed by atoms with Crippen molar-refractivity contribution in [3.05, 3.63) is 29.8 Å². The lowest BCUT2D eigenvalue weighted by Gasteiger charge is -2.37. The summed E-state index contributed by atoms with van der Waals surface area (Å²) in [5.41, 5.74) is 4.40. The number of nitrogens with zero attached hydrogens (tertiary/aromatic N) is 4. The molecule has 0 saturated heterocycles. The minimum Gasteiger partial charge on any atom is -0.465 e. The molecule has 208 valence electrons. The lowest BCUT2D eigenvalue weighted by Crippen LogP contribution is -2.63. The monoisotopic (exact) mass is 533 g/mol. The molecule has 0 fully saturated rings. The van der Waals surface area contributed by atoms with Gasteiger partial charge in [0.2, 0.25) is 5.96 Å². The lowest BCUT2D eigenvalue weighted by molar-refractivity contribution is -0.145. The number of hydrogen-bond acceptors (Lipinski definition) is 8. The van der Waals surface area contributed by atoms with E-state index in [1.165, 1.54) is 19.2 Å². The van der Waals surface area contributed by atoms with E-state index < -0.39 is 59.8 Å². The van der Waals surface area contributed by atoms with Gasteiger partial charge in [-0.15, -0.1) is 4.99 Å². The van der Waals surface area contributed by atoms with Gasteiger partial charge < -0.3 is 24.8 Å². The Labute approximate surface area is 221 Å². The predicted octanol–water partition coefficient (Wildman–Crippen LogP) is 2.48. The van der Waals surface area contributed by atoms with Crippen molar-refractivity contribution in [2.75, 3.05) is 25.1 Å². The molecule has 1 atom stereocenters. The fourth-order valence-corrected chi connectivity index (χ4v) is 3.45. The molecule has 1 heterocycles. The van der Waals surface area contributed by atoms with Crippen molar-refractivity contribution >= 4 is 41.6 Å². The van der Waals surface area contributed by atoms with Gasteiger partial charge in [0, 0.05) is 7.05 Å². The van der Waals surface area contributed by atoms with E-state index in [0.717, 1.165) is 9.80 Å². The quantitative estimate of drug-likeness (QED) is 0.265. The first-order valence-electron chi connectivity index (χ1n) is 11.9. The summed E-state index contributed by atoms with van der Waals surface area (Å²) in [6.07, 6.45) is -4.21. The highest BCUT2D eigenvalue weighted by atomic mass is 16.6. The number of esters is 1. The fourth-order valence-electron chi connectivity index (χ4n) is 3.45. The Kier molecular flexibility index (Phi) is 9.09. The highest BCUT2D eigenvalue weighted by molar-refractivity contribution is 6.14. The van der Waals surface area contributed by atoms with Crippen LogP contribution in [0.2, 0.25) is 0 Å². The first-order chi connectivity index (χ1) is 17.5. The number of carbonyl (C=O) groups excluding carboxylic acids is 5. The molecule has 1 aromatic rings. The minimum atomic E-state index is -1.87. The molecule has 13 nitrogen and oxygen atoms in total. The van der Waals surface area contributed by atoms with Gasteiger partial charge in [-0.2, -0.15) is 0 Å². The van der Waals surface area contributed by atoms with E-state index >= 15 is 0 Å². The summed E-state index contributed by atoms with van der Waals surface area (Å²) < 4.78 is 15.6. The minimum absolute atomic E-state index is 0.00792. The second kappa shape index (κ2) is 11.5. The average molecular weight is 534 g/mol. The average Bonchev–Trinajstić information content (AvgIpc) is 2.83. The molecular formula is C25H35N5O8. The predicted molar refractivity (Wildman–Crippen MR) is 137 cm³/mol. The normalized spacial score (nSPS) is 16.4. The van der Waals surface area contributed by atoms with Crippen LogP contribution in [0.5, 0.6) is 0 Å². The second-order valence-corrected chi connectivity index (χ2v) is 10.3. The van der Waals surface area contributed by atoms with Gasteiger partial charge in [0.1, 0.15) is 17.7 Å². The third-order valence-electron chi connectivity index (χ3n) is 4.89. The molecule has 0 saturated carbocycles. The van der Waals surface area contributed by atoms with E-state index in [4.69, 9.17) is 19.9 Å². The molecule has 0 spiro atoms. The van der Waals surface area contributed by atoms with Gasteiger partial charge in [-0.1, -0.05) is 12.1 Å². The number of fused-ring (bicyclic) bond motifs is 1. The van der Waals surface area contributed by atoms with Crippen molar-refractivity contribution in [1.29, 1.82) is 0 Å². The molecule has 4 amide bonds. The van der Waals surface area contributed by atoms with Crippen molar-refractivity contribution in [3.63, 3.8) is 0 Å². The summed E-state index contributed by atoms with van der Waals surface area (Å²) in [6, 6.07) is 6.21. The third-order valence-corrected chi connectivity index (χ3v) is 4.89. The van der Waals surface area contributed by atoms with Crippen molar-refractivity contribution in [3.8, 4) is 0 Å². The van der Waals surface area contributed by atoms with E-state index in [0.29, 0.717) is 4.90 Å². The van der Waals surface area contributed by atoms with Crippen LogP contribution in [0.25, 0.3) is 0 Å². The van der Waals surface area contributed by atoms with Gasteiger partial charge in [-0.3, -0.25) is 19.3 Å². The maximum atomic E-state index is 13.8. The SMILES string of the molecule is CCOC(=O)CN1C(=O)c2ccccc2N(C)C(=O)C1N(C(=O)OC(C)(C)C)C(N)=NC(=O)OC(C)(C)C. The number of guanidine groups is 1. The topological polar surface area (TPSA) is 161 Å². The summed E-state index contributed by atoms with van der Waals surface area (Å²) in [4.78, 5) is 72.1. The summed E-state index contributed by atoms with van der Waals surface area (Å²) >= 11 is 0. The van der Waals surface area contributed by atoms with E-state index in [1.807, 2.05) is 0 Å². The molecule has 0 aromatic heterocycles. The van der Waals surface area contributed by atoms with Crippen molar-refractivity contribution in [2.24, 2.45) is 10.7 Å². The van der Waals surface area contributed by atoms with Crippen LogP contribution in [0.1, 0.15) is 58.8 Å². The fraction of sp³-hybridized carbons (Fsp3) is 0.520. The van der Waals surface area contributed by atoms with Crippen molar-refractivity contribution in [2.45, 2.75) is 65.8 Å². The van der Waals surface area contributed by atoms with Crippen LogP contribution in [0.15, 0.2) is 29.3 Å². The van der Waals surface area contributed by atoms with Crippen LogP contribution < -0.4 is 10.6 Å². The highest BCUT2D eigenvalue weighted by Crippen LogP contribution is 2.29. The smallest absolute Gasteiger partial charge is 0.437 e. The zero-order valence-electron chi connectivity index (χ0n) is 22.9. The van der Waals surface area contributed by atoms with Gasteiger partial charge in [0.15, 0.2) is 6.17 Å². The largest absolute Gasteiger partial charge is 0.465 e. The first-order valence-corrected chi connectivity index (χ1v) is 11.9. The maximum Gasteiger partial charge on any atom is 0.437 e. The van der Waals surface area contributed by atoms with E-state index in [9.17, 15) is 24.0 Å². The molecule has 13 heteroatoms. The molecule has 1 aromatic carbocycles. The molecule has 1 unspecified atom stereocenters. The Morgan fingerprint density at radius 2 is 1.61 bits per heavy atom. The molecule has 0 aliphatic carbocycles. The first kappa shape index (κ1) is 30.1. The zero-order valence-corrected chi connectivity index (χ0v) is 22.9. The lowest BCUT2D eigenvalue weighted by atomic mass is 10.1. The summed E-state index contributed by atoms with van der Waals surface area (Å²) in [6.45, 7) is 10.4. The van der Waals surface area contributed by atoms with Gasteiger partial charge in [0.25, 0.3) is 11.8 Å². The van der Waals surface area contributed by atoms with Crippen LogP contribution in [0, 0.1) is 0 Å². The van der Waals surface area contributed by atoms with Gasteiger partial charge in [0.05, 0.1) is 17.9 Å². The van der Waals surface area contributed by atoms with Crippen LogP contribution in [-0.4, -0.2) is 83.3 Å². The van der Waals surface area contributed by atoms with Crippen LogP contribution in [0.4, 0.5) is 15.3 Å². The van der Waals surface area contributed by atoms with Crippen molar-refractivity contribution < 1.29 is 38.2 Å². The number of likely N-dealkylation sites (N-methyl/N-ethyl adjacent to an activating group) is 1. The molecule has 0 bridgehead atoms. The number of amides is 4. The Balaban J connectivity index is 2.75. The number of hydrogen-bond donors (Lipinski definition) is 1. The van der Waals surface area contributed by atoms with E-state index in [1.54, 1.807) is 60.6 Å². The molecular weight excluding hydrogens is 498 g/mol. The Morgan fingerprint density at radius 3 is 2.16 bits per heavy atom. The van der Waals surface area contributed by atoms with Crippen LogP contribution >= 0.6 is 0 Å². The Hall–Kier alpha value is -4.16. The summed E-state index contributed by atoms with van der Waals surface area (Å²) in [5, 5.41) is 0. The number of benzene rings is 1. The number of nitrogens with two attached hydrogens (primary N) is 1. The van der Waals surface area contributed by atoms with Crippen molar-refractivity contribution in [1.82, 2.24) is 9.80 Å². The highest BCUT2D eigenvalue weighted by Gasteiger charge is 2.47. The second-order valence-electron chi connectivity index (χ2n) is 10.3. The molecule has 0 radical (unpaired) electrons. The van der Waals surface area contributed by atoms with Gasteiger partial charge >= 0.3 is 18.2 Å².